The van der Waals surface area contributed by atoms with Gasteiger partial charge in [-0.1, -0.05) is 29.3 Å². The summed E-state index contributed by atoms with van der Waals surface area (Å²) in [7, 11) is 0. The molecule has 0 amide bonds. The maximum absolute atomic E-state index is 9.14. The van der Waals surface area contributed by atoms with Gasteiger partial charge in [0.25, 0.3) is 0 Å². The highest BCUT2D eigenvalue weighted by Gasteiger charge is 2.09. The van der Waals surface area contributed by atoms with Crippen LogP contribution in [0.3, 0.4) is 0 Å². The van der Waals surface area contributed by atoms with E-state index in [-0.39, 0.29) is 6.61 Å². The lowest BCUT2D eigenvalue weighted by Crippen LogP contribution is -1.94. The molecule has 5 heteroatoms. The van der Waals surface area contributed by atoms with E-state index in [9.17, 15) is 0 Å². The molecule has 0 bridgehead atoms. The molecular weight excluding hydrogens is 261 g/mol. The average Bonchev–Trinajstić information content (AvgIpc) is 2.35. The van der Waals surface area contributed by atoms with E-state index in [1.165, 1.54) is 0 Å². The lowest BCUT2D eigenvalue weighted by Gasteiger charge is -2.09. The number of hydrogen-bond acceptors (Lipinski definition) is 3. The molecule has 1 aromatic heterocycles. The molecule has 0 aliphatic carbocycles. The van der Waals surface area contributed by atoms with Crippen LogP contribution in [0.25, 0.3) is 0 Å². The average molecular weight is 270 g/mol. The molecule has 0 spiro atoms. The highest BCUT2D eigenvalue weighted by atomic mass is 35.5. The van der Waals surface area contributed by atoms with Crippen LogP contribution in [-0.2, 0) is 6.61 Å². The van der Waals surface area contributed by atoms with Crippen LogP contribution >= 0.6 is 23.2 Å². The standard InChI is InChI=1S/C12H9Cl2NO2/c13-9-4-1-5-10(11(9)14)17-12-8(7-16)3-2-6-15-12/h1-6,16H,7H2. The lowest BCUT2D eigenvalue weighted by molar-refractivity contribution is 0.275. The van der Waals surface area contributed by atoms with Gasteiger partial charge in [-0.15, -0.1) is 0 Å². The minimum atomic E-state index is -0.151. The van der Waals surface area contributed by atoms with Crippen LogP contribution in [0.1, 0.15) is 5.56 Å². The van der Waals surface area contributed by atoms with Gasteiger partial charge in [-0.05, 0) is 24.3 Å². The lowest BCUT2D eigenvalue weighted by atomic mass is 10.3. The zero-order valence-electron chi connectivity index (χ0n) is 8.73. The SMILES string of the molecule is OCc1cccnc1Oc1cccc(Cl)c1Cl. The zero-order valence-corrected chi connectivity index (χ0v) is 10.2. The highest BCUT2D eigenvalue weighted by molar-refractivity contribution is 6.42. The predicted molar refractivity (Wildman–Crippen MR) is 66.7 cm³/mol. The summed E-state index contributed by atoms with van der Waals surface area (Å²) < 4.78 is 5.52. The second-order valence-corrected chi connectivity index (χ2v) is 4.06. The maximum Gasteiger partial charge on any atom is 0.224 e. The van der Waals surface area contributed by atoms with Crippen molar-refractivity contribution < 1.29 is 9.84 Å². The van der Waals surface area contributed by atoms with E-state index in [0.717, 1.165) is 0 Å². The van der Waals surface area contributed by atoms with Crippen molar-refractivity contribution in [2.24, 2.45) is 0 Å². The van der Waals surface area contributed by atoms with Crippen LogP contribution in [0.15, 0.2) is 36.5 Å². The van der Waals surface area contributed by atoms with Crippen molar-refractivity contribution in [2.75, 3.05) is 0 Å². The quantitative estimate of drug-likeness (QED) is 0.925. The largest absolute Gasteiger partial charge is 0.437 e. The Balaban J connectivity index is 2.35. The summed E-state index contributed by atoms with van der Waals surface area (Å²) in [5, 5.41) is 9.87. The number of hydrogen-bond donors (Lipinski definition) is 1. The number of aliphatic hydroxyl groups is 1. The monoisotopic (exact) mass is 269 g/mol. The first-order valence-corrected chi connectivity index (χ1v) is 5.64. The Morgan fingerprint density at radius 2 is 2.00 bits per heavy atom. The fraction of sp³-hybridized carbons (Fsp3) is 0.0833. The Bertz CT molecular complexity index is 532. The molecule has 0 atom stereocenters. The fourth-order valence-corrected chi connectivity index (χ4v) is 1.63. The molecule has 0 radical (unpaired) electrons. The summed E-state index contributed by atoms with van der Waals surface area (Å²) in [6, 6.07) is 8.52. The number of aliphatic hydroxyl groups excluding tert-OH is 1. The third-order valence-electron chi connectivity index (χ3n) is 2.14. The Kier molecular flexibility index (Phi) is 3.84. The molecule has 3 nitrogen and oxygen atoms in total. The summed E-state index contributed by atoms with van der Waals surface area (Å²) in [6.07, 6.45) is 1.58. The Morgan fingerprint density at radius 3 is 2.76 bits per heavy atom. The van der Waals surface area contributed by atoms with Crippen molar-refractivity contribution >= 4 is 23.2 Å². The van der Waals surface area contributed by atoms with Crippen molar-refractivity contribution in [2.45, 2.75) is 6.61 Å². The van der Waals surface area contributed by atoms with Gasteiger partial charge in [0, 0.05) is 11.8 Å². The molecule has 1 N–H and O–H groups in total. The van der Waals surface area contributed by atoms with Gasteiger partial charge in [-0.2, -0.15) is 0 Å². The van der Waals surface area contributed by atoms with Gasteiger partial charge >= 0.3 is 0 Å². The van der Waals surface area contributed by atoms with Crippen molar-refractivity contribution in [3.05, 3.63) is 52.1 Å². The van der Waals surface area contributed by atoms with Crippen LogP contribution in [-0.4, -0.2) is 10.1 Å². The van der Waals surface area contributed by atoms with Crippen LogP contribution in [0, 0.1) is 0 Å². The van der Waals surface area contributed by atoms with E-state index in [4.69, 9.17) is 33.0 Å². The van der Waals surface area contributed by atoms with Gasteiger partial charge in [-0.25, -0.2) is 4.98 Å². The molecule has 2 rings (SSSR count). The smallest absolute Gasteiger partial charge is 0.224 e. The summed E-state index contributed by atoms with van der Waals surface area (Å²) >= 11 is 11.9. The van der Waals surface area contributed by atoms with E-state index in [1.54, 1.807) is 36.5 Å². The molecule has 1 aromatic carbocycles. The van der Waals surface area contributed by atoms with Crippen LogP contribution in [0.5, 0.6) is 11.6 Å². The molecule has 88 valence electrons. The molecule has 0 aliphatic rings. The van der Waals surface area contributed by atoms with E-state index >= 15 is 0 Å². The molecule has 0 aliphatic heterocycles. The molecular formula is C12H9Cl2NO2. The van der Waals surface area contributed by atoms with Gasteiger partial charge in [-0.3, -0.25) is 0 Å². The number of benzene rings is 1. The topological polar surface area (TPSA) is 42.4 Å². The number of rotatable bonds is 3. The van der Waals surface area contributed by atoms with Crippen LogP contribution in [0.4, 0.5) is 0 Å². The van der Waals surface area contributed by atoms with Crippen LogP contribution < -0.4 is 4.74 Å². The molecule has 0 saturated heterocycles. The van der Waals surface area contributed by atoms with E-state index in [2.05, 4.69) is 4.98 Å². The fourth-order valence-electron chi connectivity index (χ4n) is 1.30. The van der Waals surface area contributed by atoms with Crippen molar-refractivity contribution in [1.82, 2.24) is 4.98 Å². The van der Waals surface area contributed by atoms with Crippen molar-refractivity contribution in [3.8, 4) is 11.6 Å². The van der Waals surface area contributed by atoms with Crippen LogP contribution in [0.2, 0.25) is 10.0 Å². The summed E-state index contributed by atoms with van der Waals surface area (Å²) in [4.78, 5) is 4.03. The number of pyridine rings is 1. The maximum atomic E-state index is 9.14. The summed E-state index contributed by atoms with van der Waals surface area (Å²) in [5.41, 5.74) is 0.587. The van der Waals surface area contributed by atoms with Crippen molar-refractivity contribution in [1.29, 1.82) is 0 Å². The van der Waals surface area contributed by atoms with Gasteiger partial charge in [0.2, 0.25) is 5.88 Å². The molecule has 17 heavy (non-hydrogen) atoms. The molecule has 1 heterocycles. The first-order chi connectivity index (χ1) is 8.22. The minimum absolute atomic E-state index is 0.151. The molecule has 0 fully saturated rings. The second-order valence-electron chi connectivity index (χ2n) is 3.28. The first-order valence-electron chi connectivity index (χ1n) is 4.89. The Morgan fingerprint density at radius 1 is 1.18 bits per heavy atom. The van der Waals surface area contributed by atoms with E-state index < -0.39 is 0 Å². The zero-order chi connectivity index (χ0) is 12.3. The minimum Gasteiger partial charge on any atom is -0.437 e. The van der Waals surface area contributed by atoms with Gasteiger partial charge in [0.15, 0.2) is 0 Å². The molecule has 2 aromatic rings. The predicted octanol–water partition coefficient (Wildman–Crippen LogP) is 3.67. The van der Waals surface area contributed by atoms with Crippen molar-refractivity contribution in [3.63, 3.8) is 0 Å². The third-order valence-corrected chi connectivity index (χ3v) is 2.94. The van der Waals surface area contributed by atoms with E-state index in [1.807, 2.05) is 0 Å². The first kappa shape index (κ1) is 12.2. The summed E-state index contributed by atoms with van der Waals surface area (Å²) in [5.74, 6) is 0.728. The van der Waals surface area contributed by atoms with E-state index in [0.29, 0.717) is 27.2 Å². The third kappa shape index (κ3) is 2.69. The van der Waals surface area contributed by atoms with Gasteiger partial charge < -0.3 is 9.84 Å². The molecule has 0 saturated carbocycles. The number of aromatic nitrogens is 1. The molecule has 0 unspecified atom stereocenters. The second kappa shape index (κ2) is 5.36. The van der Waals surface area contributed by atoms with Gasteiger partial charge in [0.05, 0.1) is 11.6 Å². The Hall–Kier alpha value is -1.29. The number of ether oxygens (including phenoxy) is 1. The number of nitrogens with zero attached hydrogens (tertiary/aromatic N) is 1. The van der Waals surface area contributed by atoms with Gasteiger partial charge in [0.1, 0.15) is 10.8 Å². The Labute approximate surface area is 109 Å². The number of halogens is 2. The highest BCUT2D eigenvalue weighted by Crippen LogP contribution is 2.34. The normalized spacial score (nSPS) is 10.3. The summed E-state index contributed by atoms with van der Waals surface area (Å²) in [6.45, 7) is -0.151.